The molecule has 1 heterocycles. The number of rotatable bonds is 5. The summed E-state index contributed by atoms with van der Waals surface area (Å²) < 4.78 is 0. The van der Waals surface area contributed by atoms with Gasteiger partial charge in [0.25, 0.3) is 0 Å². The zero-order valence-corrected chi connectivity index (χ0v) is 10.9. The summed E-state index contributed by atoms with van der Waals surface area (Å²) in [5.41, 5.74) is 8.02. The smallest absolute Gasteiger partial charge is 0.224 e. The van der Waals surface area contributed by atoms with Crippen molar-refractivity contribution >= 4 is 17.2 Å². The van der Waals surface area contributed by atoms with Crippen LogP contribution in [0.1, 0.15) is 25.0 Å². The van der Waals surface area contributed by atoms with E-state index in [2.05, 4.69) is 23.0 Å². The lowest BCUT2D eigenvalue weighted by atomic mass is 9.95. The maximum atomic E-state index is 11.8. The van der Waals surface area contributed by atoms with E-state index in [4.69, 9.17) is 5.73 Å². The van der Waals surface area contributed by atoms with Crippen LogP contribution in [-0.4, -0.2) is 12.5 Å². The summed E-state index contributed by atoms with van der Waals surface area (Å²) in [6.45, 7) is 7.12. The lowest BCUT2D eigenvalue weighted by Crippen LogP contribution is -2.37. The molecule has 0 bridgehead atoms. The number of hydrogen-bond donors (Lipinski definition) is 2. The standard InChI is InChI=1S/C12H20N2OS/c1-8(2)11(4-13)12(15)14-5-10-7-16-6-9(10)3/h6-8,11H,4-5,13H2,1-3H3,(H,14,15). The second-order valence-corrected chi connectivity index (χ2v) is 5.13. The number of nitrogens with two attached hydrogens (primary N) is 1. The van der Waals surface area contributed by atoms with Gasteiger partial charge in [0.05, 0.1) is 5.92 Å². The minimum Gasteiger partial charge on any atom is -0.352 e. The summed E-state index contributed by atoms with van der Waals surface area (Å²) in [6, 6.07) is 0. The van der Waals surface area contributed by atoms with Gasteiger partial charge in [-0.2, -0.15) is 11.3 Å². The largest absolute Gasteiger partial charge is 0.352 e. The van der Waals surface area contributed by atoms with Crippen LogP contribution in [0.4, 0.5) is 0 Å². The van der Waals surface area contributed by atoms with Gasteiger partial charge in [0, 0.05) is 13.1 Å². The van der Waals surface area contributed by atoms with Crippen molar-refractivity contribution in [2.45, 2.75) is 27.3 Å². The van der Waals surface area contributed by atoms with Gasteiger partial charge in [-0.3, -0.25) is 4.79 Å². The summed E-state index contributed by atoms with van der Waals surface area (Å²) in [5.74, 6) is 0.260. The predicted octanol–water partition coefficient (Wildman–Crippen LogP) is 1.90. The summed E-state index contributed by atoms with van der Waals surface area (Å²) in [4.78, 5) is 11.8. The Morgan fingerprint density at radius 3 is 2.62 bits per heavy atom. The Morgan fingerprint density at radius 2 is 2.19 bits per heavy atom. The van der Waals surface area contributed by atoms with Crippen LogP contribution < -0.4 is 11.1 Å². The number of aryl methyl sites for hydroxylation is 1. The Labute approximate surface area is 101 Å². The molecular weight excluding hydrogens is 220 g/mol. The zero-order valence-electron chi connectivity index (χ0n) is 10.1. The molecule has 0 spiro atoms. The highest BCUT2D eigenvalue weighted by Crippen LogP contribution is 2.14. The molecule has 1 aromatic heterocycles. The molecule has 0 fully saturated rings. The van der Waals surface area contributed by atoms with E-state index in [1.807, 2.05) is 13.8 Å². The normalized spacial score (nSPS) is 12.8. The topological polar surface area (TPSA) is 55.1 Å². The maximum absolute atomic E-state index is 11.8. The quantitative estimate of drug-likeness (QED) is 0.826. The van der Waals surface area contributed by atoms with Gasteiger partial charge in [-0.1, -0.05) is 13.8 Å². The van der Waals surface area contributed by atoms with E-state index in [1.54, 1.807) is 11.3 Å². The molecule has 1 amide bonds. The molecule has 0 aliphatic heterocycles. The van der Waals surface area contributed by atoms with Crippen molar-refractivity contribution in [3.05, 3.63) is 21.9 Å². The molecular formula is C12H20N2OS. The molecule has 3 N–H and O–H groups in total. The average molecular weight is 240 g/mol. The summed E-state index contributed by atoms with van der Waals surface area (Å²) >= 11 is 1.66. The molecule has 90 valence electrons. The van der Waals surface area contributed by atoms with E-state index in [9.17, 15) is 4.79 Å². The van der Waals surface area contributed by atoms with Crippen LogP contribution in [-0.2, 0) is 11.3 Å². The average Bonchev–Trinajstić information content (AvgIpc) is 2.61. The van der Waals surface area contributed by atoms with Gasteiger partial charge in [0.2, 0.25) is 5.91 Å². The van der Waals surface area contributed by atoms with E-state index in [0.717, 1.165) is 0 Å². The molecule has 0 aromatic carbocycles. The molecule has 0 aliphatic rings. The lowest BCUT2D eigenvalue weighted by Gasteiger charge is -2.18. The zero-order chi connectivity index (χ0) is 12.1. The Hall–Kier alpha value is -0.870. The van der Waals surface area contributed by atoms with Crippen LogP contribution >= 0.6 is 11.3 Å². The minimum atomic E-state index is -0.0843. The fraction of sp³-hybridized carbons (Fsp3) is 0.583. The van der Waals surface area contributed by atoms with Gasteiger partial charge in [0.1, 0.15) is 0 Å². The Morgan fingerprint density at radius 1 is 1.50 bits per heavy atom. The molecule has 3 nitrogen and oxygen atoms in total. The SMILES string of the molecule is Cc1cscc1CNC(=O)C(CN)C(C)C. The number of carbonyl (C=O) groups excluding carboxylic acids is 1. The fourth-order valence-electron chi connectivity index (χ4n) is 1.56. The van der Waals surface area contributed by atoms with Gasteiger partial charge in [0.15, 0.2) is 0 Å². The first-order valence-corrected chi connectivity index (χ1v) is 6.50. The Bertz CT molecular complexity index is 347. The third-order valence-corrected chi connectivity index (χ3v) is 3.72. The monoisotopic (exact) mass is 240 g/mol. The lowest BCUT2D eigenvalue weighted by molar-refractivity contribution is -0.126. The fourth-order valence-corrected chi connectivity index (χ4v) is 2.42. The van der Waals surface area contributed by atoms with Crippen LogP contribution in [0.15, 0.2) is 10.8 Å². The van der Waals surface area contributed by atoms with Crippen molar-refractivity contribution in [3.63, 3.8) is 0 Å². The molecule has 0 aliphatic carbocycles. The van der Waals surface area contributed by atoms with Crippen LogP contribution in [0, 0.1) is 18.8 Å². The van der Waals surface area contributed by atoms with Gasteiger partial charge in [-0.15, -0.1) is 0 Å². The predicted molar refractivity (Wildman–Crippen MR) is 68.3 cm³/mol. The molecule has 0 saturated heterocycles. The van der Waals surface area contributed by atoms with E-state index in [0.29, 0.717) is 13.1 Å². The Kier molecular flexibility index (Phi) is 4.96. The first kappa shape index (κ1) is 13.2. The van der Waals surface area contributed by atoms with Gasteiger partial charge < -0.3 is 11.1 Å². The highest BCUT2D eigenvalue weighted by Gasteiger charge is 2.20. The van der Waals surface area contributed by atoms with Crippen LogP contribution in [0.3, 0.4) is 0 Å². The van der Waals surface area contributed by atoms with Gasteiger partial charge >= 0.3 is 0 Å². The molecule has 4 heteroatoms. The summed E-state index contributed by atoms with van der Waals surface area (Å²) in [6.07, 6.45) is 0. The molecule has 16 heavy (non-hydrogen) atoms. The van der Waals surface area contributed by atoms with Crippen molar-refractivity contribution in [1.82, 2.24) is 5.32 Å². The third-order valence-electron chi connectivity index (χ3n) is 2.81. The number of thiophene rings is 1. The number of carbonyl (C=O) groups is 1. The molecule has 1 unspecified atom stereocenters. The van der Waals surface area contributed by atoms with Gasteiger partial charge in [-0.05, 0) is 34.7 Å². The number of amides is 1. The van der Waals surface area contributed by atoms with E-state index < -0.39 is 0 Å². The molecule has 1 rings (SSSR count). The molecule has 0 saturated carbocycles. The van der Waals surface area contributed by atoms with Crippen LogP contribution in [0.5, 0.6) is 0 Å². The van der Waals surface area contributed by atoms with Crippen molar-refractivity contribution < 1.29 is 4.79 Å². The van der Waals surface area contributed by atoms with E-state index in [1.165, 1.54) is 11.1 Å². The van der Waals surface area contributed by atoms with Crippen molar-refractivity contribution in [2.75, 3.05) is 6.54 Å². The van der Waals surface area contributed by atoms with E-state index >= 15 is 0 Å². The van der Waals surface area contributed by atoms with E-state index in [-0.39, 0.29) is 17.7 Å². The number of hydrogen-bond acceptors (Lipinski definition) is 3. The number of nitrogens with one attached hydrogen (secondary N) is 1. The molecule has 0 radical (unpaired) electrons. The highest BCUT2D eigenvalue weighted by atomic mass is 32.1. The van der Waals surface area contributed by atoms with Crippen LogP contribution in [0.25, 0.3) is 0 Å². The maximum Gasteiger partial charge on any atom is 0.224 e. The molecule has 1 atom stereocenters. The Balaban J connectivity index is 2.49. The van der Waals surface area contributed by atoms with Crippen molar-refractivity contribution in [1.29, 1.82) is 0 Å². The summed E-state index contributed by atoms with van der Waals surface area (Å²) in [7, 11) is 0. The minimum absolute atomic E-state index is 0.0584. The second-order valence-electron chi connectivity index (χ2n) is 4.38. The summed E-state index contributed by atoms with van der Waals surface area (Å²) in [5, 5.41) is 7.11. The van der Waals surface area contributed by atoms with Crippen molar-refractivity contribution in [3.8, 4) is 0 Å². The highest BCUT2D eigenvalue weighted by molar-refractivity contribution is 7.08. The third kappa shape index (κ3) is 3.32. The first-order chi connectivity index (χ1) is 7.56. The van der Waals surface area contributed by atoms with Gasteiger partial charge in [-0.25, -0.2) is 0 Å². The second kappa shape index (κ2) is 6.01. The van der Waals surface area contributed by atoms with Crippen LogP contribution in [0.2, 0.25) is 0 Å². The first-order valence-electron chi connectivity index (χ1n) is 5.55. The van der Waals surface area contributed by atoms with Crippen molar-refractivity contribution in [2.24, 2.45) is 17.6 Å². The molecule has 1 aromatic rings.